The van der Waals surface area contributed by atoms with Crippen molar-refractivity contribution >= 4 is 29.6 Å². The van der Waals surface area contributed by atoms with Crippen LogP contribution in [-0.4, -0.2) is 40.9 Å². The fourth-order valence-electron chi connectivity index (χ4n) is 3.16. The maximum absolute atomic E-state index is 13.5. The molecule has 25 heavy (non-hydrogen) atoms. The molecular weight excluding hydrogens is 331 g/mol. The molecule has 1 heterocycles. The lowest BCUT2D eigenvalue weighted by Gasteiger charge is -2.19. The average molecular weight is 348 g/mol. The molecule has 1 saturated carbocycles. The third kappa shape index (κ3) is 3.30. The first kappa shape index (κ1) is 16.9. The van der Waals surface area contributed by atoms with Crippen molar-refractivity contribution in [3.8, 4) is 0 Å². The summed E-state index contributed by atoms with van der Waals surface area (Å²) in [5.41, 5.74) is -1.00. The van der Waals surface area contributed by atoms with Gasteiger partial charge in [-0.1, -0.05) is 25.0 Å². The predicted octanol–water partition coefficient (Wildman–Crippen LogP) is 1.34. The van der Waals surface area contributed by atoms with Crippen molar-refractivity contribution in [3.05, 3.63) is 30.1 Å². The first-order valence-corrected chi connectivity index (χ1v) is 7.91. The summed E-state index contributed by atoms with van der Waals surface area (Å²) in [7, 11) is 0. The number of carbonyl (C=O) groups excluding carboxylic acids is 4. The highest BCUT2D eigenvalue weighted by Crippen LogP contribution is 2.34. The number of carbonyl (C=O) groups is 4. The average Bonchev–Trinajstić information content (AvgIpc) is 3.11. The molecule has 6 amide bonds. The highest BCUT2D eigenvalue weighted by atomic mass is 19.1. The second-order valence-corrected chi connectivity index (χ2v) is 6.09. The van der Waals surface area contributed by atoms with Gasteiger partial charge in [-0.25, -0.2) is 14.0 Å². The number of anilines is 1. The summed E-state index contributed by atoms with van der Waals surface area (Å²) in [6.07, 6.45) is 2.75. The van der Waals surface area contributed by atoms with Crippen LogP contribution in [0.3, 0.4) is 0 Å². The SMILES string of the molecule is O=C(CN1C(=O)NC2(CCCC2)C1=O)NC(=O)Nc1ccccc1F. The molecule has 0 atom stereocenters. The molecule has 1 spiro atoms. The number of amides is 6. The summed E-state index contributed by atoms with van der Waals surface area (Å²) in [6, 6.07) is 3.88. The molecule has 1 saturated heterocycles. The summed E-state index contributed by atoms with van der Waals surface area (Å²) >= 11 is 0. The Morgan fingerprint density at radius 1 is 1.20 bits per heavy atom. The predicted molar refractivity (Wildman–Crippen MR) is 85.0 cm³/mol. The number of halogens is 1. The normalized spacial score (nSPS) is 18.4. The zero-order valence-corrected chi connectivity index (χ0v) is 13.3. The van der Waals surface area contributed by atoms with Crippen molar-refractivity contribution in [2.24, 2.45) is 0 Å². The fraction of sp³-hybridized carbons (Fsp3) is 0.375. The molecule has 2 aliphatic rings. The van der Waals surface area contributed by atoms with Gasteiger partial charge >= 0.3 is 12.1 Å². The summed E-state index contributed by atoms with van der Waals surface area (Å²) in [4.78, 5) is 48.9. The van der Waals surface area contributed by atoms with Gasteiger partial charge in [0.1, 0.15) is 17.9 Å². The van der Waals surface area contributed by atoms with Crippen molar-refractivity contribution in [1.82, 2.24) is 15.5 Å². The smallest absolute Gasteiger partial charge is 0.323 e. The van der Waals surface area contributed by atoms with Crippen molar-refractivity contribution in [2.75, 3.05) is 11.9 Å². The van der Waals surface area contributed by atoms with Crippen LogP contribution in [-0.2, 0) is 9.59 Å². The third-order valence-electron chi connectivity index (χ3n) is 4.38. The Balaban J connectivity index is 1.57. The molecule has 3 rings (SSSR count). The number of rotatable bonds is 3. The number of benzene rings is 1. The number of hydrogen-bond acceptors (Lipinski definition) is 4. The minimum absolute atomic E-state index is 0.0901. The van der Waals surface area contributed by atoms with E-state index in [0.717, 1.165) is 23.8 Å². The highest BCUT2D eigenvalue weighted by Gasteiger charge is 2.52. The molecule has 0 radical (unpaired) electrons. The van der Waals surface area contributed by atoms with Crippen molar-refractivity contribution in [1.29, 1.82) is 0 Å². The van der Waals surface area contributed by atoms with Gasteiger partial charge in [0.25, 0.3) is 5.91 Å². The molecular formula is C16H17FN4O4. The number of imide groups is 2. The summed E-state index contributed by atoms with van der Waals surface area (Å²) < 4.78 is 13.5. The summed E-state index contributed by atoms with van der Waals surface area (Å²) in [5.74, 6) is -1.94. The van der Waals surface area contributed by atoms with Gasteiger partial charge in [0, 0.05) is 0 Å². The number of urea groups is 2. The molecule has 3 N–H and O–H groups in total. The molecule has 1 aliphatic carbocycles. The van der Waals surface area contributed by atoms with Crippen LogP contribution in [0.25, 0.3) is 0 Å². The largest absolute Gasteiger partial charge is 0.326 e. The topological polar surface area (TPSA) is 108 Å². The van der Waals surface area contributed by atoms with Gasteiger partial charge in [0.2, 0.25) is 5.91 Å². The minimum atomic E-state index is -0.947. The van der Waals surface area contributed by atoms with E-state index in [2.05, 4.69) is 10.6 Å². The van der Waals surface area contributed by atoms with E-state index in [1.807, 2.05) is 5.32 Å². The van der Waals surface area contributed by atoms with E-state index < -0.39 is 41.8 Å². The van der Waals surface area contributed by atoms with Crippen LogP contribution in [0.15, 0.2) is 24.3 Å². The first-order valence-electron chi connectivity index (χ1n) is 7.91. The van der Waals surface area contributed by atoms with Gasteiger partial charge in [0.05, 0.1) is 5.69 Å². The Morgan fingerprint density at radius 3 is 2.56 bits per heavy atom. The van der Waals surface area contributed by atoms with Crippen molar-refractivity contribution in [2.45, 2.75) is 31.2 Å². The van der Waals surface area contributed by atoms with Crippen LogP contribution in [0, 0.1) is 5.82 Å². The van der Waals surface area contributed by atoms with Gasteiger partial charge in [-0.3, -0.25) is 19.8 Å². The standard InChI is InChI=1S/C16H17FN4O4/c17-10-5-1-2-6-11(10)18-14(24)19-12(22)9-21-13(23)16(20-15(21)25)7-3-4-8-16/h1-2,5-6H,3-4,7-9H2,(H,20,25)(H2,18,19,22,24). The van der Waals surface area contributed by atoms with Crippen LogP contribution < -0.4 is 16.0 Å². The van der Waals surface area contributed by atoms with E-state index in [-0.39, 0.29) is 5.69 Å². The lowest BCUT2D eigenvalue weighted by atomic mass is 9.98. The summed E-state index contributed by atoms with van der Waals surface area (Å²) in [6.45, 7) is -0.572. The van der Waals surface area contributed by atoms with Crippen LogP contribution in [0.2, 0.25) is 0 Å². The highest BCUT2D eigenvalue weighted by molar-refractivity contribution is 6.10. The first-order chi connectivity index (χ1) is 11.9. The van der Waals surface area contributed by atoms with E-state index in [1.165, 1.54) is 18.2 Å². The quantitative estimate of drug-likeness (QED) is 0.716. The van der Waals surface area contributed by atoms with Crippen molar-refractivity contribution in [3.63, 3.8) is 0 Å². The lowest BCUT2D eigenvalue weighted by Crippen LogP contribution is -2.46. The number of hydrogen-bond donors (Lipinski definition) is 3. The number of para-hydroxylation sites is 1. The maximum Gasteiger partial charge on any atom is 0.326 e. The molecule has 0 bridgehead atoms. The lowest BCUT2D eigenvalue weighted by molar-refractivity contribution is -0.134. The Morgan fingerprint density at radius 2 is 1.88 bits per heavy atom. The second kappa shape index (κ2) is 6.50. The van der Waals surface area contributed by atoms with Gasteiger partial charge in [-0.05, 0) is 25.0 Å². The summed E-state index contributed by atoms with van der Waals surface area (Å²) in [5, 5.41) is 6.80. The molecule has 0 unspecified atom stereocenters. The van der Waals surface area contributed by atoms with Gasteiger partial charge in [0.15, 0.2) is 0 Å². The van der Waals surface area contributed by atoms with Crippen molar-refractivity contribution < 1.29 is 23.6 Å². The number of nitrogens with one attached hydrogen (secondary N) is 3. The molecule has 9 heteroatoms. The number of nitrogens with zero attached hydrogens (tertiary/aromatic N) is 1. The molecule has 2 fully saturated rings. The van der Waals surface area contributed by atoms with E-state index in [1.54, 1.807) is 0 Å². The molecule has 132 valence electrons. The van der Waals surface area contributed by atoms with Crippen LogP contribution in [0.4, 0.5) is 19.7 Å². The van der Waals surface area contributed by atoms with E-state index in [9.17, 15) is 23.6 Å². The van der Waals surface area contributed by atoms with Crippen LogP contribution in [0.1, 0.15) is 25.7 Å². The fourth-order valence-corrected chi connectivity index (χ4v) is 3.16. The van der Waals surface area contributed by atoms with Gasteiger partial charge in [-0.2, -0.15) is 0 Å². The Kier molecular flexibility index (Phi) is 4.39. The molecule has 0 aromatic heterocycles. The monoisotopic (exact) mass is 348 g/mol. The maximum atomic E-state index is 13.5. The Bertz CT molecular complexity index is 745. The third-order valence-corrected chi connectivity index (χ3v) is 4.38. The second-order valence-electron chi connectivity index (χ2n) is 6.09. The Labute approximate surface area is 142 Å². The van der Waals surface area contributed by atoms with Gasteiger partial charge in [-0.15, -0.1) is 0 Å². The van der Waals surface area contributed by atoms with Crippen LogP contribution in [0.5, 0.6) is 0 Å². The molecule has 1 aliphatic heterocycles. The zero-order valence-electron chi connectivity index (χ0n) is 13.3. The molecule has 1 aromatic carbocycles. The molecule has 8 nitrogen and oxygen atoms in total. The van der Waals surface area contributed by atoms with E-state index in [0.29, 0.717) is 12.8 Å². The Hall–Kier alpha value is -2.97. The molecule has 1 aromatic rings. The van der Waals surface area contributed by atoms with E-state index in [4.69, 9.17) is 0 Å². The van der Waals surface area contributed by atoms with Crippen LogP contribution >= 0.6 is 0 Å². The van der Waals surface area contributed by atoms with E-state index >= 15 is 0 Å². The van der Waals surface area contributed by atoms with Gasteiger partial charge < -0.3 is 10.6 Å². The minimum Gasteiger partial charge on any atom is -0.323 e. The zero-order chi connectivity index (χ0) is 18.0.